The van der Waals surface area contributed by atoms with E-state index in [9.17, 15) is 14.4 Å². The number of carbonyl (C=O) groups excluding carboxylic acids is 3. The van der Waals surface area contributed by atoms with Gasteiger partial charge in [0.15, 0.2) is 0 Å². The molecule has 0 atom stereocenters. The average Bonchev–Trinajstić information content (AvgIpc) is 2.72. The fraction of sp³-hybridized carbons (Fsp3) is 0.318. The Labute approximate surface area is 164 Å². The number of carbonyl (C=O) groups is 3. The first-order chi connectivity index (χ1) is 13.5. The van der Waals surface area contributed by atoms with Gasteiger partial charge in [0.2, 0.25) is 11.8 Å². The number of piperidine rings is 1. The van der Waals surface area contributed by atoms with Crippen LogP contribution in [0.2, 0.25) is 0 Å². The van der Waals surface area contributed by atoms with Crippen molar-refractivity contribution in [2.24, 2.45) is 5.73 Å². The minimum absolute atomic E-state index is 0.110. The van der Waals surface area contributed by atoms with Crippen LogP contribution in [0.1, 0.15) is 41.6 Å². The second-order valence-corrected chi connectivity index (χ2v) is 6.98. The van der Waals surface area contributed by atoms with Gasteiger partial charge >= 0.3 is 0 Å². The molecule has 6 nitrogen and oxygen atoms in total. The lowest BCUT2D eigenvalue weighted by molar-refractivity contribution is -0.119. The Morgan fingerprint density at radius 2 is 1.71 bits per heavy atom. The first-order valence-electron chi connectivity index (χ1n) is 9.56. The molecule has 3 amide bonds. The lowest BCUT2D eigenvalue weighted by atomic mass is 10.1. The minimum atomic E-state index is -0.440. The van der Waals surface area contributed by atoms with Gasteiger partial charge in [0, 0.05) is 43.7 Å². The Morgan fingerprint density at radius 3 is 2.36 bits per heavy atom. The molecule has 0 aliphatic carbocycles. The van der Waals surface area contributed by atoms with E-state index in [0.29, 0.717) is 25.1 Å². The lowest BCUT2D eigenvalue weighted by Crippen LogP contribution is -2.35. The third-order valence-corrected chi connectivity index (χ3v) is 4.88. The van der Waals surface area contributed by atoms with E-state index in [1.807, 2.05) is 42.5 Å². The number of nitrogens with zero attached hydrogens (tertiary/aromatic N) is 2. The lowest BCUT2D eigenvalue weighted by Gasteiger charge is -2.27. The number of anilines is 1. The van der Waals surface area contributed by atoms with Crippen molar-refractivity contribution < 1.29 is 14.4 Å². The molecule has 1 fully saturated rings. The standard InChI is InChI=1S/C22H25N3O3/c23-20(26)13-15-24(16-17-6-2-1-3-7-17)22(28)18-9-11-19(12-10-18)25-14-5-4-8-21(25)27/h1-3,6-7,9-12H,4-5,8,13-16H2,(H2,23,26). The predicted molar refractivity (Wildman–Crippen MR) is 108 cm³/mol. The van der Waals surface area contributed by atoms with Gasteiger partial charge in [0.1, 0.15) is 0 Å². The van der Waals surface area contributed by atoms with Crippen molar-refractivity contribution in [3.8, 4) is 0 Å². The molecule has 1 heterocycles. The van der Waals surface area contributed by atoms with Crippen molar-refractivity contribution in [1.82, 2.24) is 4.90 Å². The molecule has 1 aliphatic heterocycles. The summed E-state index contributed by atoms with van der Waals surface area (Å²) in [5, 5.41) is 0. The van der Waals surface area contributed by atoms with Crippen molar-refractivity contribution in [2.75, 3.05) is 18.0 Å². The number of hydrogen-bond acceptors (Lipinski definition) is 3. The van der Waals surface area contributed by atoms with E-state index in [-0.39, 0.29) is 24.8 Å². The number of rotatable bonds is 7. The second kappa shape index (κ2) is 9.17. The Bertz CT molecular complexity index is 834. The SMILES string of the molecule is NC(=O)CCN(Cc1ccccc1)C(=O)c1ccc(N2CCCCC2=O)cc1. The highest BCUT2D eigenvalue weighted by Gasteiger charge is 2.21. The number of nitrogens with two attached hydrogens (primary N) is 1. The molecule has 1 aliphatic rings. The summed E-state index contributed by atoms with van der Waals surface area (Å²) < 4.78 is 0. The number of primary amides is 1. The minimum Gasteiger partial charge on any atom is -0.370 e. The first kappa shape index (κ1) is 19.6. The average molecular weight is 379 g/mol. The molecule has 0 bridgehead atoms. The van der Waals surface area contributed by atoms with E-state index in [0.717, 1.165) is 24.1 Å². The molecule has 2 aromatic rings. The highest BCUT2D eigenvalue weighted by atomic mass is 16.2. The maximum absolute atomic E-state index is 13.0. The predicted octanol–water partition coefficient (Wildman–Crippen LogP) is 2.72. The van der Waals surface area contributed by atoms with E-state index in [4.69, 9.17) is 5.73 Å². The maximum Gasteiger partial charge on any atom is 0.254 e. The monoisotopic (exact) mass is 379 g/mol. The smallest absolute Gasteiger partial charge is 0.254 e. The number of hydrogen-bond donors (Lipinski definition) is 1. The zero-order valence-electron chi connectivity index (χ0n) is 15.8. The van der Waals surface area contributed by atoms with Gasteiger partial charge in [-0.15, -0.1) is 0 Å². The number of benzene rings is 2. The van der Waals surface area contributed by atoms with E-state index < -0.39 is 5.91 Å². The van der Waals surface area contributed by atoms with Crippen LogP contribution in [0.25, 0.3) is 0 Å². The number of amides is 3. The van der Waals surface area contributed by atoms with Crippen LogP contribution < -0.4 is 10.6 Å². The van der Waals surface area contributed by atoms with Gasteiger partial charge in [-0.05, 0) is 42.7 Å². The van der Waals surface area contributed by atoms with Crippen LogP contribution >= 0.6 is 0 Å². The normalized spacial score (nSPS) is 14.0. The zero-order valence-corrected chi connectivity index (χ0v) is 15.8. The van der Waals surface area contributed by atoms with Crippen molar-refractivity contribution >= 4 is 23.4 Å². The molecule has 0 aromatic heterocycles. The second-order valence-electron chi connectivity index (χ2n) is 6.98. The van der Waals surface area contributed by atoms with Crippen LogP contribution in [0.15, 0.2) is 54.6 Å². The molecule has 6 heteroatoms. The summed E-state index contributed by atoms with van der Waals surface area (Å²) in [5.41, 5.74) is 7.59. The van der Waals surface area contributed by atoms with Gasteiger partial charge in [0.25, 0.3) is 5.91 Å². The molecule has 0 spiro atoms. The van der Waals surface area contributed by atoms with E-state index >= 15 is 0 Å². The summed E-state index contributed by atoms with van der Waals surface area (Å²) in [6, 6.07) is 16.7. The molecule has 0 radical (unpaired) electrons. The third kappa shape index (κ3) is 4.97. The fourth-order valence-electron chi connectivity index (χ4n) is 3.35. The van der Waals surface area contributed by atoms with Crippen molar-refractivity contribution in [2.45, 2.75) is 32.2 Å². The van der Waals surface area contributed by atoms with Gasteiger partial charge in [-0.3, -0.25) is 14.4 Å². The molecular weight excluding hydrogens is 354 g/mol. The van der Waals surface area contributed by atoms with Crippen LogP contribution in [0, 0.1) is 0 Å². The topological polar surface area (TPSA) is 83.7 Å². The summed E-state index contributed by atoms with van der Waals surface area (Å²) in [5.74, 6) is -0.482. The van der Waals surface area contributed by atoms with Gasteiger partial charge < -0.3 is 15.5 Å². The van der Waals surface area contributed by atoms with Crippen LogP contribution in [-0.2, 0) is 16.1 Å². The Kier molecular flexibility index (Phi) is 6.42. The van der Waals surface area contributed by atoms with Crippen molar-refractivity contribution in [3.05, 3.63) is 65.7 Å². The summed E-state index contributed by atoms with van der Waals surface area (Å²) in [7, 11) is 0. The van der Waals surface area contributed by atoms with Crippen LogP contribution in [0.5, 0.6) is 0 Å². The molecule has 28 heavy (non-hydrogen) atoms. The molecule has 1 saturated heterocycles. The molecule has 0 unspecified atom stereocenters. The van der Waals surface area contributed by atoms with Crippen LogP contribution in [0.4, 0.5) is 5.69 Å². The largest absolute Gasteiger partial charge is 0.370 e. The Morgan fingerprint density at radius 1 is 1.00 bits per heavy atom. The summed E-state index contributed by atoms with van der Waals surface area (Å²) >= 11 is 0. The van der Waals surface area contributed by atoms with Crippen LogP contribution in [0.3, 0.4) is 0 Å². The quantitative estimate of drug-likeness (QED) is 0.803. The highest BCUT2D eigenvalue weighted by molar-refractivity contribution is 5.97. The van der Waals surface area contributed by atoms with E-state index in [2.05, 4.69) is 0 Å². The van der Waals surface area contributed by atoms with Gasteiger partial charge in [0.05, 0.1) is 0 Å². The molecule has 2 aromatic carbocycles. The van der Waals surface area contributed by atoms with Gasteiger partial charge in [-0.1, -0.05) is 30.3 Å². The van der Waals surface area contributed by atoms with Crippen LogP contribution in [-0.4, -0.2) is 35.7 Å². The molecule has 146 valence electrons. The van der Waals surface area contributed by atoms with Gasteiger partial charge in [-0.2, -0.15) is 0 Å². The summed E-state index contributed by atoms with van der Waals surface area (Å²) in [4.78, 5) is 39.7. The zero-order chi connectivity index (χ0) is 19.9. The first-order valence-corrected chi connectivity index (χ1v) is 9.56. The van der Waals surface area contributed by atoms with Gasteiger partial charge in [-0.25, -0.2) is 0 Å². The molecular formula is C22H25N3O3. The fourth-order valence-corrected chi connectivity index (χ4v) is 3.35. The van der Waals surface area contributed by atoms with Crippen molar-refractivity contribution in [3.63, 3.8) is 0 Å². The maximum atomic E-state index is 13.0. The molecule has 3 rings (SSSR count). The summed E-state index contributed by atoms with van der Waals surface area (Å²) in [6.07, 6.45) is 2.60. The third-order valence-electron chi connectivity index (χ3n) is 4.88. The highest BCUT2D eigenvalue weighted by Crippen LogP contribution is 2.22. The molecule has 2 N–H and O–H groups in total. The molecule has 0 saturated carbocycles. The summed E-state index contributed by atoms with van der Waals surface area (Å²) in [6.45, 7) is 1.37. The Hall–Kier alpha value is -3.15. The van der Waals surface area contributed by atoms with Crippen molar-refractivity contribution in [1.29, 1.82) is 0 Å². The van der Waals surface area contributed by atoms with E-state index in [1.165, 1.54) is 0 Å². The van der Waals surface area contributed by atoms with E-state index in [1.54, 1.807) is 21.9 Å². The Balaban J connectivity index is 1.75.